The zero-order chi connectivity index (χ0) is 21.4. The van der Waals surface area contributed by atoms with Crippen LogP contribution >= 0.6 is 0 Å². The van der Waals surface area contributed by atoms with Crippen molar-refractivity contribution in [1.82, 2.24) is 0 Å². The van der Waals surface area contributed by atoms with Crippen molar-refractivity contribution in [2.45, 2.75) is 37.7 Å². The molecule has 0 fully saturated rings. The Morgan fingerprint density at radius 1 is 1.17 bits per heavy atom. The summed E-state index contributed by atoms with van der Waals surface area (Å²) in [6.45, 7) is 4.16. The number of ether oxygens (including phenoxy) is 2. The van der Waals surface area contributed by atoms with Gasteiger partial charge < -0.3 is 14.8 Å². The fourth-order valence-electron chi connectivity index (χ4n) is 2.41. The molecule has 2 N–H and O–H groups in total. The summed E-state index contributed by atoms with van der Waals surface area (Å²) in [5.74, 6) is -0.624. The van der Waals surface area contributed by atoms with Crippen molar-refractivity contribution < 1.29 is 27.1 Å². The summed E-state index contributed by atoms with van der Waals surface area (Å²) in [6.07, 6.45) is 1.17. The van der Waals surface area contributed by atoms with E-state index < -0.39 is 21.9 Å². The molecule has 2 rings (SSSR count). The Morgan fingerprint density at radius 2 is 1.86 bits per heavy atom. The van der Waals surface area contributed by atoms with Crippen LogP contribution in [0.15, 0.2) is 47.4 Å². The summed E-state index contributed by atoms with van der Waals surface area (Å²) < 4.78 is 51.3. The average molecular weight is 424 g/mol. The number of sulfonamides is 1. The second-order valence-corrected chi connectivity index (χ2v) is 8.01. The maximum atomic E-state index is 13.1. The van der Waals surface area contributed by atoms with E-state index in [0.29, 0.717) is 12.3 Å². The number of carbonyl (C=O) groups excluding carboxylic acids is 1. The third-order valence-electron chi connectivity index (χ3n) is 4.07. The van der Waals surface area contributed by atoms with Gasteiger partial charge in [-0.15, -0.1) is 0 Å². The van der Waals surface area contributed by atoms with Crippen LogP contribution in [0.2, 0.25) is 0 Å². The Kier molecular flexibility index (Phi) is 7.98. The van der Waals surface area contributed by atoms with E-state index >= 15 is 0 Å². The van der Waals surface area contributed by atoms with E-state index in [1.807, 2.05) is 6.92 Å². The number of carbonyl (C=O) groups is 1. The van der Waals surface area contributed by atoms with Gasteiger partial charge in [-0.3, -0.25) is 9.52 Å². The predicted octanol–water partition coefficient (Wildman–Crippen LogP) is 3.78. The Balaban J connectivity index is 2.18. The van der Waals surface area contributed by atoms with Gasteiger partial charge in [0.15, 0.2) is 0 Å². The molecular weight excluding hydrogens is 399 g/mol. The first-order valence-corrected chi connectivity index (χ1v) is 10.6. The van der Waals surface area contributed by atoms with Gasteiger partial charge in [-0.05, 0) is 55.8 Å². The second kappa shape index (κ2) is 10.2. The monoisotopic (exact) mass is 424 g/mol. The SMILES string of the molecule is CCCCOC(C)C(=O)Nc1ccc(OC)c(NS(=O)(=O)c2ccc(F)cc2)c1. The van der Waals surface area contributed by atoms with Crippen LogP contribution in [0.25, 0.3) is 0 Å². The highest BCUT2D eigenvalue weighted by molar-refractivity contribution is 7.92. The first kappa shape index (κ1) is 22.6. The zero-order valence-corrected chi connectivity index (χ0v) is 17.4. The molecule has 1 atom stereocenters. The summed E-state index contributed by atoms with van der Waals surface area (Å²) in [5.41, 5.74) is 0.507. The molecule has 1 amide bonds. The maximum absolute atomic E-state index is 13.1. The fourth-order valence-corrected chi connectivity index (χ4v) is 3.47. The van der Waals surface area contributed by atoms with E-state index in [-0.39, 0.29) is 22.2 Å². The number of halogens is 1. The summed E-state index contributed by atoms with van der Waals surface area (Å²) in [7, 11) is -2.58. The van der Waals surface area contributed by atoms with Crippen molar-refractivity contribution in [3.05, 3.63) is 48.3 Å². The van der Waals surface area contributed by atoms with Gasteiger partial charge in [-0.25, -0.2) is 12.8 Å². The van der Waals surface area contributed by atoms with Crippen molar-refractivity contribution in [1.29, 1.82) is 0 Å². The minimum absolute atomic E-state index is 0.103. The van der Waals surface area contributed by atoms with Gasteiger partial charge in [0, 0.05) is 12.3 Å². The van der Waals surface area contributed by atoms with Crippen molar-refractivity contribution in [3.63, 3.8) is 0 Å². The summed E-state index contributed by atoms with van der Waals surface area (Å²) in [5, 5.41) is 2.69. The molecule has 0 bridgehead atoms. The zero-order valence-electron chi connectivity index (χ0n) is 16.6. The van der Waals surface area contributed by atoms with Crippen molar-refractivity contribution in [2.24, 2.45) is 0 Å². The number of nitrogens with one attached hydrogen (secondary N) is 2. The Morgan fingerprint density at radius 3 is 2.48 bits per heavy atom. The highest BCUT2D eigenvalue weighted by Gasteiger charge is 2.18. The Bertz CT molecular complexity index is 932. The van der Waals surface area contributed by atoms with E-state index in [0.717, 1.165) is 37.1 Å². The van der Waals surface area contributed by atoms with Gasteiger partial charge in [-0.2, -0.15) is 0 Å². The van der Waals surface area contributed by atoms with Crippen molar-refractivity contribution >= 4 is 27.3 Å². The van der Waals surface area contributed by atoms with Crippen LogP contribution in [0, 0.1) is 5.82 Å². The lowest BCUT2D eigenvalue weighted by atomic mass is 10.2. The molecule has 0 saturated heterocycles. The highest BCUT2D eigenvalue weighted by Crippen LogP contribution is 2.30. The van der Waals surface area contributed by atoms with Crippen LogP contribution in [0.3, 0.4) is 0 Å². The molecule has 0 saturated carbocycles. The highest BCUT2D eigenvalue weighted by atomic mass is 32.2. The molecule has 9 heteroatoms. The topological polar surface area (TPSA) is 93.7 Å². The number of unbranched alkanes of at least 4 members (excludes halogenated alkanes) is 1. The number of rotatable bonds is 10. The Labute approximate surface area is 170 Å². The van der Waals surface area contributed by atoms with Gasteiger partial charge >= 0.3 is 0 Å². The van der Waals surface area contributed by atoms with Crippen LogP contribution in [0.5, 0.6) is 5.75 Å². The molecule has 0 aliphatic heterocycles. The molecule has 1 unspecified atom stereocenters. The largest absolute Gasteiger partial charge is 0.495 e. The summed E-state index contributed by atoms with van der Waals surface area (Å²) in [4.78, 5) is 12.2. The second-order valence-electron chi connectivity index (χ2n) is 6.33. The number of methoxy groups -OCH3 is 1. The lowest BCUT2D eigenvalue weighted by Gasteiger charge is -2.16. The third kappa shape index (κ3) is 6.43. The average Bonchev–Trinajstić information content (AvgIpc) is 2.68. The van der Waals surface area contributed by atoms with E-state index in [4.69, 9.17) is 9.47 Å². The fraction of sp³-hybridized carbons (Fsp3) is 0.350. The van der Waals surface area contributed by atoms with Crippen LogP contribution in [-0.4, -0.2) is 34.1 Å². The van der Waals surface area contributed by atoms with Crippen molar-refractivity contribution in [3.8, 4) is 5.75 Å². The van der Waals surface area contributed by atoms with Gasteiger partial charge in [-0.1, -0.05) is 13.3 Å². The van der Waals surface area contributed by atoms with Gasteiger partial charge in [0.05, 0.1) is 17.7 Å². The molecule has 0 heterocycles. The van der Waals surface area contributed by atoms with E-state index in [2.05, 4.69) is 10.0 Å². The van der Waals surface area contributed by atoms with E-state index in [1.54, 1.807) is 13.0 Å². The van der Waals surface area contributed by atoms with Gasteiger partial charge in [0.1, 0.15) is 17.7 Å². The molecule has 0 aromatic heterocycles. The van der Waals surface area contributed by atoms with Crippen molar-refractivity contribution in [2.75, 3.05) is 23.8 Å². The number of hydrogen-bond donors (Lipinski definition) is 2. The number of amides is 1. The molecule has 158 valence electrons. The van der Waals surface area contributed by atoms with Crippen LogP contribution in [-0.2, 0) is 19.6 Å². The molecular formula is C20H25FN2O5S. The standard InChI is InChI=1S/C20H25FN2O5S/c1-4-5-12-28-14(2)20(24)22-16-8-11-19(27-3)18(13-16)23-29(25,26)17-9-6-15(21)7-10-17/h6-11,13-14,23H,4-5,12H2,1-3H3,(H,22,24). The normalized spacial score (nSPS) is 12.3. The molecule has 0 aliphatic carbocycles. The number of benzene rings is 2. The first-order chi connectivity index (χ1) is 13.8. The number of hydrogen-bond acceptors (Lipinski definition) is 5. The maximum Gasteiger partial charge on any atom is 0.262 e. The minimum Gasteiger partial charge on any atom is -0.495 e. The smallest absolute Gasteiger partial charge is 0.262 e. The molecule has 0 aliphatic rings. The Hall–Kier alpha value is -2.65. The third-order valence-corrected chi connectivity index (χ3v) is 5.45. The van der Waals surface area contributed by atoms with Crippen LogP contribution in [0.4, 0.5) is 15.8 Å². The van der Waals surface area contributed by atoms with Gasteiger partial charge in [0.25, 0.3) is 15.9 Å². The van der Waals surface area contributed by atoms with E-state index in [1.165, 1.54) is 19.2 Å². The lowest BCUT2D eigenvalue weighted by Crippen LogP contribution is -2.28. The number of anilines is 2. The summed E-state index contributed by atoms with van der Waals surface area (Å²) >= 11 is 0. The quantitative estimate of drug-likeness (QED) is 0.566. The molecule has 7 nitrogen and oxygen atoms in total. The molecule has 2 aromatic rings. The van der Waals surface area contributed by atoms with E-state index in [9.17, 15) is 17.6 Å². The molecule has 0 spiro atoms. The minimum atomic E-state index is -3.97. The first-order valence-electron chi connectivity index (χ1n) is 9.15. The predicted molar refractivity (Wildman–Crippen MR) is 109 cm³/mol. The summed E-state index contributed by atoms with van der Waals surface area (Å²) in [6, 6.07) is 8.99. The lowest BCUT2D eigenvalue weighted by molar-refractivity contribution is -0.126. The molecule has 29 heavy (non-hydrogen) atoms. The molecule has 0 radical (unpaired) electrons. The van der Waals surface area contributed by atoms with Crippen LogP contribution < -0.4 is 14.8 Å². The van der Waals surface area contributed by atoms with Gasteiger partial charge in [0.2, 0.25) is 0 Å². The molecule has 2 aromatic carbocycles. The van der Waals surface area contributed by atoms with Crippen LogP contribution in [0.1, 0.15) is 26.7 Å².